The molecule has 1 aromatic carbocycles. The smallest absolute Gasteiger partial charge is 0.276 e. The zero-order valence-electron chi connectivity index (χ0n) is 12.9. The van der Waals surface area contributed by atoms with E-state index < -0.39 is 29.6 Å². The maximum absolute atomic E-state index is 12.1. The fourth-order valence-corrected chi connectivity index (χ4v) is 2.93. The minimum Gasteiger partial charge on any atom is -0.550 e. The van der Waals surface area contributed by atoms with Crippen LogP contribution in [0.15, 0.2) is 28.7 Å². The molecule has 1 saturated carbocycles. The minimum absolute atomic E-state index is 0.267. The number of benzene rings is 1. The summed E-state index contributed by atoms with van der Waals surface area (Å²) in [5, 5.41) is 11.1. The molecule has 0 unspecified atom stereocenters. The molecule has 7 nitrogen and oxygen atoms in total. The summed E-state index contributed by atoms with van der Waals surface area (Å²) in [4.78, 5) is 34.9. The molecule has 0 spiro atoms. The maximum Gasteiger partial charge on any atom is 0.276 e. The molecule has 8 heteroatoms. The molecule has 24 heavy (non-hydrogen) atoms. The minimum atomic E-state index is -1.22. The van der Waals surface area contributed by atoms with Crippen molar-refractivity contribution >= 4 is 33.7 Å². The summed E-state index contributed by atoms with van der Waals surface area (Å²) in [6.07, 6.45) is 2.43. The van der Waals surface area contributed by atoms with Gasteiger partial charge in [0.05, 0.1) is 0 Å². The number of carbonyl (C=O) groups is 3. The number of rotatable bonds is 5. The zero-order valence-corrected chi connectivity index (χ0v) is 14.5. The van der Waals surface area contributed by atoms with Crippen LogP contribution in [0.25, 0.3) is 0 Å². The van der Waals surface area contributed by atoms with Crippen molar-refractivity contribution in [2.45, 2.75) is 25.7 Å². The number of ether oxygens (including phenoxy) is 1. The molecule has 2 rings (SSSR count). The number of halogens is 1. The highest BCUT2D eigenvalue weighted by Crippen LogP contribution is 2.29. The standard InChI is InChI=1S/C16H19BrN2O5/c17-10-5-7-11(8-6-10)24-9-14(20)18-19-15(21)12-3-1-2-4-13(12)16(22)23/h5-8,12-13H,1-4,9H2,(H,18,20)(H,19,21)(H,22,23)/p-1/t12-,13-/m1/s1. The second-order valence-corrected chi connectivity index (χ2v) is 6.51. The van der Waals surface area contributed by atoms with Crippen LogP contribution in [0.3, 0.4) is 0 Å². The van der Waals surface area contributed by atoms with Crippen LogP contribution < -0.4 is 20.7 Å². The van der Waals surface area contributed by atoms with Gasteiger partial charge in [-0.05, 0) is 37.1 Å². The summed E-state index contributed by atoms with van der Waals surface area (Å²) >= 11 is 3.29. The molecule has 1 fully saturated rings. The first-order valence-electron chi connectivity index (χ1n) is 7.65. The summed E-state index contributed by atoms with van der Waals surface area (Å²) in [5.41, 5.74) is 4.50. The highest BCUT2D eigenvalue weighted by Gasteiger charge is 2.31. The zero-order chi connectivity index (χ0) is 17.5. The molecule has 130 valence electrons. The van der Waals surface area contributed by atoms with Crippen molar-refractivity contribution in [1.29, 1.82) is 0 Å². The number of carboxylic acid groups (broad SMARTS) is 1. The molecule has 1 aliphatic rings. The third kappa shape index (κ3) is 5.23. The van der Waals surface area contributed by atoms with E-state index in [4.69, 9.17) is 4.74 Å². The quantitative estimate of drug-likeness (QED) is 0.704. The monoisotopic (exact) mass is 397 g/mol. The van der Waals surface area contributed by atoms with E-state index in [1.54, 1.807) is 24.3 Å². The summed E-state index contributed by atoms with van der Waals surface area (Å²) < 4.78 is 6.16. The van der Waals surface area contributed by atoms with Crippen LogP contribution in [0.5, 0.6) is 5.75 Å². The van der Waals surface area contributed by atoms with Gasteiger partial charge >= 0.3 is 0 Å². The Bertz CT molecular complexity index is 605. The van der Waals surface area contributed by atoms with Crippen molar-refractivity contribution in [2.75, 3.05) is 6.61 Å². The van der Waals surface area contributed by atoms with Gasteiger partial charge < -0.3 is 14.6 Å². The van der Waals surface area contributed by atoms with Crippen LogP contribution in [0.1, 0.15) is 25.7 Å². The molecule has 0 aliphatic heterocycles. The summed E-state index contributed by atoms with van der Waals surface area (Å²) in [5.74, 6) is -3.25. The number of carbonyl (C=O) groups excluding carboxylic acids is 3. The van der Waals surface area contributed by atoms with E-state index in [-0.39, 0.29) is 6.61 Å². The highest BCUT2D eigenvalue weighted by atomic mass is 79.9. The SMILES string of the molecule is O=C(COc1ccc(Br)cc1)NNC(=O)[C@@H]1CCCC[C@H]1C(=O)[O-]. The van der Waals surface area contributed by atoms with Crippen molar-refractivity contribution < 1.29 is 24.2 Å². The Kier molecular flexibility index (Phi) is 6.60. The van der Waals surface area contributed by atoms with Gasteiger partial charge in [-0.3, -0.25) is 20.4 Å². The van der Waals surface area contributed by atoms with E-state index in [1.165, 1.54) is 0 Å². The predicted molar refractivity (Wildman–Crippen MR) is 86.4 cm³/mol. The number of carboxylic acids is 1. The van der Waals surface area contributed by atoms with Crippen molar-refractivity contribution in [1.82, 2.24) is 10.9 Å². The van der Waals surface area contributed by atoms with Gasteiger partial charge in [0.1, 0.15) is 5.75 Å². The average molecular weight is 398 g/mol. The molecule has 0 heterocycles. The molecular formula is C16H18BrN2O5-. The molecule has 0 radical (unpaired) electrons. The number of hydrazine groups is 1. The van der Waals surface area contributed by atoms with Crippen LogP contribution >= 0.6 is 15.9 Å². The molecule has 1 aromatic rings. The Labute approximate surface area is 147 Å². The predicted octanol–water partition coefficient (Wildman–Crippen LogP) is 0.532. The van der Waals surface area contributed by atoms with E-state index >= 15 is 0 Å². The Morgan fingerprint density at radius 2 is 1.71 bits per heavy atom. The first-order valence-corrected chi connectivity index (χ1v) is 8.44. The van der Waals surface area contributed by atoms with Crippen molar-refractivity contribution in [3.63, 3.8) is 0 Å². The number of nitrogens with one attached hydrogen (secondary N) is 2. The Morgan fingerprint density at radius 1 is 1.08 bits per heavy atom. The maximum atomic E-state index is 12.1. The third-order valence-corrected chi connectivity index (χ3v) is 4.44. The number of amides is 2. The van der Waals surface area contributed by atoms with E-state index in [0.717, 1.165) is 17.3 Å². The molecule has 1 aliphatic carbocycles. The van der Waals surface area contributed by atoms with E-state index in [9.17, 15) is 19.5 Å². The molecule has 2 N–H and O–H groups in total. The molecule has 0 bridgehead atoms. The van der Waals surface area contributed by atoms with Gasteiger partial charge in [0.15, 0.2) is 6.61 Å². The highest BCUT2D eigenvalue weighted by molar-refractivity contribution is 9.10. The van der Waals surface area contributed by atoms with Crippen molar-refractivity contribution in [3.8, 4) is 5.75 Å². The topological polar surface area (TPSA) is 108 Å². The molecule has 0 aromatic heterocycles. The van der Waals surface area contributed by atoms with Crippen LogP contribution in [0.4, 0.5) is 0 Å². The third-order valence-electron chi connectivity index (χ3n) is 3.91. The van der Waals surface area contributed by atoms with E-state index in [1.807, 2.05) is 0 Å². The van der Waals surface area contributed by atoms with Crippen LogP contribution in [-0.2, 0) is 14.4 Å². The summed E-state index contributed by atoms with van der Waals surface area (Å²) in [6.45, 7) is -0.267. The molecule has 2 atom stereocenters. The Morgan fingerprint density at radius 3 is 2.33 bits per heavy atom. The lowest BCUT2D eigenvalue weighted by Gasteiger charge is -2.31. The second-order valence-electron chi connectivity index (χ2n) is 5.60. The van der Waals surface area contributed by atoms with Crippen LogP contribution in [0, 0.1) is 11.8 Å². The number of hydrogen-bond donors (Lipinski definition) is 2. The van der Waals surface area contributed by atoms with Gasteiger partial charge in [0.25, 0.3) is 5.91 Å². The van der Waals surface area contributed by atoms with Crippen molar-refractivity contribution in [3.05, 3.63) is 28.7 Å². The lowest BCUT2D eigenvalue weighted by atomic mass is 9.79. The lowest BCUT2D eigenvalue weighted by molar-refractivity contribution is -0.314. The Hall–Kier alpha value is -2.09. The number of hydrogen-bond acceptors (Lipinski definition) is 5. The van der Waals surface area contributed by atoms with Gasteiger partial charge in [0, 0.05) is 22.3 Å². The van der Waals surface area contributed by atoms with Crippen molar-refractivity contribution in [2.24, 2.45) is 11.8 Å². The average Bonchev–Trinajstić information content (AvgIpc) is 2.59. The largest absolute Gasteiger partial charge is 0.550 e. The van der Waals surface area contributed by atoms with Gasteiger partial charge in [-0.15, -0.1) is 0 Å². The molecular weight excluding hydrogens is 380 g/mol. The van der Waals surface area contributed by atoms with Gasteiger partial charge in [-0.1, -0.05) is 28.8 Å². The fourth-order valence-electron chi connectivity index (χ4n) is 2.67. The van der Waals surface area contributed by atoms with Gasteiger partial charge in [-0.2, -0.15) is 0 Å². The van der Waals surface area contributed by atoms with E-state index in [2.05, 4.69) is 26.8 Å². The summed E-state index contributed by atoms with van der Waals surface area (Å²) in [6, 6.07) is 6.95. The van der Waals surface area contributed by atoms with Crippen LogP contribution in [0.2, 0.25) is 0 Å². The normalized spacial score (nSPS) is 20.0. The fraction of sp³-hybridized carbons (Fsp3) is 0.438. The molecule has 0 saturated heterocycles. The second kappa shape index (κ2) is 8.68. The van der Waals surface area contributed by atoms with Gasteiger partial charge in [-0.25, -0.2) is 0 Å². The molecule has 2 amide bonds. The van der Waals surface area contributed by atoms with Crippen LogP contribution in [-0.4, -0.2) is 24.4 Å². The summed E-state index contributed by atoms with van der Waals surface area (Å²) in [7, 11) is 0. The first-order chi connectivity index (χ1) is 11.5. The first kappa shape index (κ1) is 18.3. The number of aliphatic carboxylic acids is 1. The van der Waals surface area contributed by atoms with Gasteiger partial charge in [0.2, 0.25) is 5.91 Å². The Balaban J connectivity index is 1.77. The van der Waals surface area contributed by atoms with E-state index in [0.29, 0.717) is 18.6 Å². The lowest BCUT2D eigenvalue weighted by Crippen LogP contribution is -2.50.